The highest BCUT2D eigenvalue weighted by atomic mass is 35.5. The van der Waals surface area contributed by atoms with Gasteiger partial charge >= 0.3 is 0 Å². The normalized spacial score (nSPS) is 8.43. The molecule has 3 nitrogen and oxygen atoms in total. The monoisotopic (exact) mass is 256 g/mol. The first-order chi connectivity index (χ1) is 5.70. The van der Waals surface area contributed by atoms with Crippen molar-refractivity contribution in [2.75, 3.05) is 24.8 Å². The Bertz CT molecular complexity index is 297. The number of ether oxygens (including phenoxy) is 1. The fourth-order valence-electron chi connectivity index (χ4n) is 1.00. The van der Waals surface area contributed by atoms with Gasteiger partial charge in [-0.1, -0.05) is 0 Å². The van der Waals surface area contributed by atoms with E-state index in [1.54, 1.807) is 24.9 Å². The zero-order valence-electron chi connectivity index (χ0n) is 7.94. The Kier molecular flexibility index (Phi) is 7.91. The van der Waals surface area contributed by atoms with Crippen molar-refractivity contribution < 1.29 is 4.74 Å². The molecule has 0 heterocycles. The molecule has 0 aliphatic carbocycles. The highest BCUT2D eigenvalue weighted by Crippen LogP contribution is 2.35. The molecule has 82 valence electrons. The van der Waals surface area contributed by atoms with Crippen LogP contribution >= 0.6 is 36.6 Å². The van der Waals surface area contributed by atoms with E-state index in [1.165, 1.54) is 0 Å². The fourth-order valence-corrected chi connectivity index (χ4v) is 1.52. The van der Waals surface area contributed by atoms with Gasteiger partial charge in [0, 0.05) is 4.90 Å². The number of rotatable bonds is 2. The molecule has 0 bridgehead atoms. The van der Waals surface area contributed by atoms with Crippen LogP contribution in [0.4, 0.5) is 11.4 Å². The van der Waals surface area contributed by atoms with Crippen molar-refractivity contribution in [3.05, 3.63) is 12.1 Å². The maximum atomic E-state index is 5.78. The van der Waals surface area contributed by atoms with Crippen LogP contribution in [0.5, 0.6) is 5.75 Å². The van der Waals surface area contributed by atoms with Crippen LogP contribution in [0.1, 0.15) is 0 Å². The van der Waals surface area contributed by atoms with Crippen molar-refractivity contribution >= 4 is 48.0 Å². The lowest BCUT2D eigenvalue weighted by atomic mass is 10.2. The van der Waals surface area contributed by atoms with Crippen LogP contribution in [0.3, 0.4) is 0 Å². The summed E-state index contributed by atoms with van der Waals surface area (Å²) in [6.07, 6.45) is 1.96. The molecule has 1 aromatic rings. The second-order valence-corrected chi connectivity index (χ2v) is 3.15. The summed E-state index contributed by atoms with van der Waals surface area (Å²) < 4.78 is 5.05. The summed E-state index contributed by atoms with van der Waals surface area (Å²) >= 11 is 1.57. The van der Waals surface area contributed by atoms with Gasteiger partial charge in [-0.15, -0.1) is 36.6 Å². The van der Waals surface area contributed by atoms with E-state index in [-0.39, 0.29) is 24.8 Å². The average Bonchev–Trinajstić information content (AvgIpc) is 2.06. The first-order valence-corrected chi connectivity index (χ1v) is 4.69. The summed E-state index contributed by atoms with van der Waals surface area (Å²) in [6, 6.07) is 3.68. The van der Waals surface area contributed by atoms with Crippen molar-refractivity contribution in [3.63, 3.8) is 0 Å². The molecule has 0 fully saturated rings. The SMILES string of the molecule is COc1c(N)ccc(SC)c1N.Cl.Cl. The zero-order chi connectivity index (χ0) is 9.14. The van der Waals surface area contributed by atoms with Crippen molar-refractivity contribution in [1.29, 1.82) is 0 Å². The van der Waals surface area contributed by atoms with Crippen LogP contribution in [0.2, 0.25) is 0 Å². The van der Waals surface area contributed by atoms with Gasteiger partial charge in [0.1, 0.15) is 0 Å². The Labute approximate surface area is 100 Å². The molecule has 0 radical (unpaired) electrons. The number of anilines is 2. The molecule has 0 atom stereocenters. The molecule has 1 aromatic carbocycles. The number of halogens is 2. The Balaban J connectivity index is 0. The fraction of sp³-hybridized carbons (Fsp3) is 0.250. The third-order valence-electron chi connectivity index (χ3n) is 1.61. The summed E-state index contributed by atoms with van der Waals surface area (Å²) in [5.41, 5.74) is 12.6. The van der Waals surface area contributed by atoms with Gasteiger partial charge in [-0.05, 0) is 18.4 Å². The van der Waals surface area contributed by atoms with E-state index in [1.807, 2.05) is 12.3 Å². The van der Waals surface area contributed by atoms with Crippen LogP contribution in [0, 0.1) is 0 Å². The summed E-state index contributed by atoms with van der Waals surface area (Å²) in [6.45, 7) is 0. The van der Waals surface area contributed by atoms with E-state index in [4.69, 9.17) is 16.2 Å². The molecular formula is C8H14Cl2N2OS. The number of thioether (sulfide) groups is 1. The molecule has 1 rings (SSSR count). The van der Waals surface area contributed by atoms with Gasteiger partial charge in [0.05, 0.1) is 18.5 Å². The lowest BCUT2D eigenvalue weighted by molar-refractivity contribution is 0.418. The quantitative estimate of drug-likeness (QED) is 0.631. The van der Waals surface area contributed by atoms with Crippen molar-refractivity contribution in [2.45, 2.75) is 4.90 Å². The zero-order valence-corrected chi connectivity index (χ0v) is 10.4. The molecule has 4 N–H and O–H groups in total. The molecule has 0 spiro atoms. The Hall–Kier alpha value is -0.450. The standard InChI is InChI=1S/C8H12N2OS.2ClH/c1-11-8-5(9)3-4-6(12-2)7(8)10;;/h3-4H,9-10H2,1-2H3;2*1H. The first kappa shape index (κ1) is 16.0. The minimum atomic E-state index is 0. The van der Waals surface area contributed by atoms with E-state index in [0.29, 0.717) is 17.1 Å². The molecular weight excluding hydrogens is 243 g/mol. The minimum Gasteiger partial charge on any atom is -0.492 e. The summed E-state index contributed by atoms with van der Waals surface area (Å²) in [4.78, 5) is 0.987. The lowest BCUT2D eigenvalue weighted by Crippen LogP contribution is -1.98. The summed E-state index contributed by atoms with van der Waals surface area (Å²) in [5.74, 6) is 0.571. The Morgan fingerprint density at radius 2 is 1.79 bits per heavy atom. The summed E-state index contributed by atoms with van der Waals surface area (Å²) in [5, 5.41) is 0. The van der Waals surface area contributed by atoms with Gasteiger partial charge < -0.3 is 16.2 Å². The Morgan fingerprint density at radius 1 is 1.21 bits per heavy atom. The van der Waals surface area contributed by atoms with E-state index in [2.05, 4.69) is 0 Å². The van der Waals surface area contributed by atoms with Crippen LogP contribution in [-0.2, 0) is 0 Å². The smallest absolute Gasteiger partial charge is 0.165 e. The van der Waals surface area contributed by atoms with Gasteiger partial charge in [-0.3, -0.25) is 0 Å². The number of nitrogen functional groups attached to an aromatic ring is 2. The highest BCUT2D eigenvalue weighted by molar-refractivity contribution is 7.98. The molecule has 14 heavy (non-hydrogen) atoms. The minimum absolute atomic E-state index is 0. The van der Waals surface area contributed by atoms with Gasteiger partial charge in [0.2, 0.25) is 0 Å². The van der Waals surface area contributed by atoms with E-state index in [9.17, 15) is 0 Å². The number of hydrogen-bond donors (Lipinski definition) is 2. The largest absolute Gasteiger partial charge is 0.492 e. The molecule has 0 unspecified atom stereocenters. The molecule has 0 aliphatic heterocycles. The average molecular weight is 257 g/mol. The van der Waals surface area contributed by atoms with Gasteiger partial charge in [-0.2, -0.15) is 0 Å². The molecule has 0 amide bonds. The van der Waals surface area contributed by atoms with Crippen LogP contribution < -0.4 is 16.2 Å². The molecule has 0 aliphatic rings. The van der Waals surface area contributed by atoms with E-state index < -0.39 is 0 Å². The van der Waals surface area contributed by atoms with Crippen LogP contribution in [0.25, 0.3) is 0 Å². The number of methoxy groups -OCH3 is 1. The van der Waals surface area contributed by atoms with Crippen LogP contribution in [-0.4, -0.2) is 13.4 Å². The van der Waals surface area contributed by atoms with E-state index in [0.717, 1.165) is 4.90 Å². The highest BCUT2D eigenvalue weighted by Gasteiger charge is 2.07. The molecule has 0 aromatic heterocycles. The molecule has 0 saturated heterocycles. The number of hydrogen-bond acceptors (Lipinski definition) is 4. The third kappa shape index (κ3) is 3.04. The predicted molar refractivity (Wildman–Crippen MR) is 68.1 cm³/mol. The summed E-state index contributed by atoms with van der Waals surface area (Å²) in [7, 11) is 1.56. The lowest BCUT2D eigenvalue weighted by Gasteiger charge is -2.10. The van der Waals surface area contributed by atoms with E-state index >= 15 is 0 Å². The molecule has 0 saturated carbocycles. The van der Waals surface area contributed by atoms with Crippen molar-refractivity contribution in [2.24, 2.45) is 0 Å². The first-order valence-electron chi connectivity index (χ1n) is 3.46. The van der Waals surface area contributed by atoms with Gasteiger partial charge in [0.15, 0.2) is 5.75 Å². The Morgan fingerprint density at radius 3 is 2.21 bits per heavy atom. The van der Waals surface area contributed by atoms with Gasteiger partial charge in [-0.25, -0.2) is 0 Å². The maximum Gasteiger partial charge on any atom is 0.165 e. The maximum absolute atomic E-state index is 5.78. The van der Waals surface area contributed by atoms with Crippen LogP contribution in [0.15, 0.2) is 17.0 Å². The van der Waals surface area contributed by atoms with Crippen molar-refractivity contribution in [3.8, 4) is 5.75 Å². The second kappa shape index (κ2) is 6.92. The number of nitrogens with two attached hydrogens (primary N) is 2. The second-order valence-electron chi connectivity index (χ2n) is 2.30. The van der Waals surface area contributed by atoms with Crippen molar-refractivity contribution in [1.82, 2.24) is 0 Å². The third-order valence-corrected chi connectivity index (χ3v) is 2.41. The van der Waals surface area contributed by atoms with Gasteiger partial charge in [0.25, 0.3) is 0 Å². The number of benzene rings is 1. The topological polar surface area (TPSA) is 61.3 Å². The molecule has 6 heteroatoms. The predicted octanol–water partition coefficient (Wildman–Crippen LogP) is 2.43.